The standard InChI is InChI=1S/C18H26N2S/c1-4-19-12-17(9-10-18-15(3)20-13-21-18)11-16-7-5-14(2)6-8-16/h5-8,13,17,19H,4,9-12H2,1-3H3. The summed E-state index contributed by atoms with van der Waals surface area (Å²) >= 11 is 1.79. The van der Waals surface area contributed by atoms with Crippen LogP contribution < -0.4 is 5.32 Å². The van der Waals surface area contributed by atoms with Crippen molar-refractivity contribution in [2.75, 3.05) is 13.1 Å². The molecule has 1 N–H and O–H groups in total. The van der Waals surface area contributed by atoms with Gasteiger partial charge in [-0.1, -0.05) is 36.8 Å². The van der Waals surface area contributed by atoms with Gasteiger partial charge in [-0.25, -0.2) is 4.98 Å². The zero-order chi connectivity index (χ0) is 15.1. The van der Waals surface area contributed by atoms with Crippen molar-refractivity contribution < 1.29 is 0 Å². The summed E-state index contributed by atoms with van der Waals surface area (Å²) in [7, 11) is 0. The Hall–Kier alpha value is -1.19. The molecule has 0 radical (unpaired) electrons. The third kappa shape index (κ3) is 5.25. The first-order chi connectivity index (χ1) is 10.2. The van der Waals surface area contributed by atoms with Crippen LogP contribution in [0.15, 0.2) is 29.8 Å². The average Bonchev–Trinajstić information content (AvgIpc) is 2.89. The van der Waals surface area contributed by atoms with Crippen molar-refractivity contribution >= 4 is 11.3 Å². The molecule has 1 atom stereocenters. The zero-order valence-corrected chi connectivity index (χ0v) is 14.2. The summed E-state index contributed by atoms with van der Waals surface area (Å²) in [6.07, 6.45) is 3.54. The first kappa shape index (κ1) is 16.2. The molecule has 1 unspecified atom stereocenters. The Kier molecular flexibility index (Phi) is 6.40. The van der Waals surface area contributed by atoms with Crippen molar-refractivity contribution in [1.82, 2.24) is 10.3 Å². The van der Waals surface area contributed by atoms with E-state index in [9.17, 15) is 0 Å². The molecule has 1 aromatic carbocycles. The molecule has 3 heteroatoms. The van der Waals surface area contributed by atoms with Gasteiger partial charge in [0, 0.05) is 4.88 Å². The minimum absolute atomic E-state index is 0.689. The lowest BCUT2D eigenvalue weighted by Crippen LogP contribution is -2.24. The molecule has 0 aliphatic heterocycles. The second-order valence-corrected chi connectivity index (χ2v) is 6.70. The van der Waals surface area contributed by atoms with Gasteiger partial charge in [-0.2, -0.15) is 0 Å². The lowest BCUT2D eigenvalue weighted by molar-refractivity contribution is 0.450. The number of aromatic nitrogens is 1. The van der Waals surface area contributed by atoms with Crippen LogP contribution in [-0.4, -0.2) is 18.1 Å². The molecule has 114 valence electrons. The van der Waals surface area contributed by atoms with Crippen molar-refractivity contribution in [3.8, 4) is 0 Å². The number of thiazole rings is 1. The van der Waals surface area contributed by atoms with E-state index in [0.29, 0.717) is 5.92 Å². The van der Waals surface area contributed by atoms with Crippen LogP contribution in [-0.2, 0) is 12.8 Å². The third-order valence-corrected chi connectivity index (χ3v) is 4.95. The molecular weight excluding hydrogens is 276 g/mol. The van der Waals surface area contributed by atoms with Crippen molar-refractivity contribution in [3.05, 3.63) is 51.5 Å². The van der Waals surface area contributed by atoms with Gasteiger partial charge in [0.25, 0.3) is 0 Å². The highest BCUT2D eigenvalue weighted by atomic mass is 32.1. The monoisotopic (exact) mass is 302 g/mol. The summed E-state index contributed by atoms with van der Waals surface area (Å²) in [5, 5.41) is 3.51. The van der Waals surface area contributed by atoms with Crippen LogP contribution in [0.3, 0.4) is 0 Å². The lowest BCUT2D eigenvalue weighted by atomic mass is 9.93. The maximum Gasteiger partial charge on any atom is 0.0797 e. The highest BCUT2D eigenvalue weighted by Gasteiger charge is 2.11. The number of hydrogen-bond acceptors (Lipinski definition) is 3. The summed E-state index contributed by atoms with van der Waals surface area (Å²) < 4.78 is 0. The molecule has 0 spiro atoms. The molecule has 1 aromatic heterocycles. The Morgan fingerprint density at radius 2 is 1.95 bits per heavy atom. The fourth-order valence-electron chi connectivity index (χ4n) is 2.58. The van der Waals surface area contributed by atoms with Crippen LogP contribution in [0, 0.1) is 19.8 Å². The van der Waals surface area contributed by atoms with E-state index >= 15 is 0 Å². The zero-order valence-electron chi connectivity index (χ0n) is 13.4. The Bertz CT molecular complexity index is 530. The number of benzene rings is 1. The molecule has 0 aliphatic carbocycles. The van der Waals surface area contributed by atoms with Gasteiger partial charge in [0.2, 0.25) is 0 Å². The molecule has 2 rings (SSSR count). The van der Waals surface area contributed by atoms with Gasteiger partial charge in [0.1, 0.15) is 0 Å². The maximum absolute atomic E-state index is 4.35. The second-order valence-electron chi connectivity index (χ2n) is 5.76. The fourth-order valence-corrected chi connectivity index (χ4v) is 3.38. The van der Waals surface area contributed by atoms with Gasteiger partial charge in [-0.05, 0) is 57.7 Å². The molecule has 2 nitrogen and oxygen atoms in total. The lowest BCUT2D eigenvalue weighted by Gasteiger charge is -2.17. The molecule has 0 saturated carbocycles. The summed E-state index contributed by atoms with van der Waals surface area (Å²) in [5.74, 6) is 0.689. The largest absolute Gasteiger partial charge is 0.317 e. The highest BCUT2D eigenvalue weighted by Crippen LogP contribution is 2.20. The number of aryl methyl sites for hydroxylation is 3. The van der Waals surface area contributed by atoms with Crippen molar-refractivity contribution in [3.63, 3.8) is 0 Å². The van der Waals surface area contributed by atoms with E-state index in [1.807, 2.05) is 5.51 Å². The first-order valence-electron chi connectivity index (χ1n) is 7.84. The van der Waals surface area contributed by atoms with Crippen molar-refractivity contribution in [2.24, 2.45) is 5.92 Å². The minimum atomic E-state index is 0.689. The van der Waals surface area contributed by atoms with Gasteiger partial charge in [-0.3, -0.25) is 0 Å². The van der Waals surface area contributed by atoms with E-state index in [1.54, 1.807) is 11.3 Å². The third-order valence-electron chi connectivity index (χ3n) is 3.95. The predicted molar refractivity (Wildman–Crippen MR) is 92.1 cm³/mol. The van der Waals surface area contributed by atoms with Crippen LogP contribution in [0.1, 0.15) is 35.0 Å². The van der Waals surface area contributed by atoms with E-state index in [-0.39, 0.29) is 0 Å². The van der Waals surface area contributed by atoms with Gasteiger partial charge in [0.05, 0.1) is 11.2 Å². The Morgan fingerprint density at radius 3 is 2.57 bits per heavy atom. The van der Waals surface area contributed by atoms with E-state index < -0.39 is 0 Å². The first-order valence-corrected chi connectivity index (χ1v) is 8.72. The number of rotatable bonds is 8. The molecule has 0 saturated heterocycles. The Labute approximate surface area is 132 Å². The number of nitrogens with zero attached hydrogens (tertiary/aromatic N) is 1. The summed E-state index contributed by atoms with van der Waals surface area (Å²) in [6.45, 7) is 8.58. The van der Waals surface area contributed by atoms with Gasteiger partial charge in [0.15, 0.2) is 0 Å². The van der Waals surface area contributed by atoms with Crippen LogP contribution in [0.4, 0.5) is 0 Å². The van der Waals surface area contributed by atoms with Gasteiger partial charge < -0.3 is 5.32 Å². The summed E-state index contributed by atoms with van der Waals surface area (Å²) in [4.78, 5) is 5.80. The SMILES string of the molecule is CCNCC(CCc1scnc1C)Cc1ccc(C)cc1. The van der Waals surface area contributed by atoms with Crippen LogP contribution in [0.5, 0.6) is 0 Å². The minimum Gasteiger partial charge on any atom is -0.317 e. The fraction of sp³-hybridized carbons (Fsp3) is 0.500. The molecule has 0 fully saturated rings. The van der Waals surface area contributed by atoms with Crippen LogP contribution in [0.2, 0.25) is 0 Å². The molecule has 1 heterocycles. The number of hydrogen-bond donors (Lipinski definition) is 1. The normalized spacial score (nSPS) is 12.5. The molecule has 0 bridgehead atoms. The van der Waals surface area contributed by atoms with Gasteiger partial charge in [-0.15, -0.1) is 11.3 Å². The average molecular weight is 302 g/mol. The second kappa shape index (κ2) is 8.30. The molecule has 0 aliphatic rings. The topological polar surface area (TPSA) is 24.9 Å². The van der Waals surface area contributed by atoms with Crippen molar-refractivity contribution in [2.45, 2.75) is 40.0 Å². The summed E-state index contributed by atoms with van der Waals surface area (Å²) in [6, 6.07) is 8.97. The number of nitrogens with one attached hydrogen (secondary N) is 1. The quantitative estimate of drug-likeness (QED) is 0.792. The maximum atomic E-state index is 4.35. The molecule has 0 amide bonds. The smallest absolute Gasteiger partial charge is 0.0797 e. The van der Waals surface area contributed by atoms with Crippen LogP contribution in [0.25, 0.3) is 0 Å². The molecule has 2 aromatic rings. The highest BCUT2D eigenvalue weighted by molar-refractivity contribution is 7.09. The van der Waals surface area contributed by atoms with Crippen LogP contribution >= 0.6 is 11.3 Å². The summed E-state index contributed by atoms with van der Waals surface area (Å²) in [5.41, 5.74) is 5.95. The Morgan fingerprint density at radius 1 is 1.19 bits per heavy atom. The van der Waals surface area contributed by atoms with E-state index in [0.717, 1.165) is 25.9 Å². The van der Waals surface area contributed by atoms with E-state index in [4.69, 9.17) is 0 Å². The molecular formula is C18H26N2S. The predicted octanol–water partition coefficient (Wildman–Crippen LogP) is 4.16. The van der Waals surface area contributed by atoms with Gasteiger partial charge >= 0.3 is 0 Å². The molecule has 21 heavy (non-hydrogen) atoms. The van der Waals surface area contributed by atoms with E-state index in [1.165, 1.54) is 28.1 Å². The van der Waals surface area contributed by atoms with Crippen molar-refractivity contribution in [1.29, 1.82) is 0 Å². The Balaban J connectivity index is 1.93. The van der Waals surface area contributed by atoms with E-state index in [2.05, 4.69) is 55.3 Å².